The third-order valence-corrected chi connectivity index (χ3v) is 4.72. The van der Waals surface area contributed by atoms with Crippen molar-refractivity contribution in [2.45, 2.75) is 19.9 Å². The largest absolute Gasteiger partial charge is 0.460 e. The summed E-state index contributed by atoms with van der Waals surface area (Å²) in [5.74, 6) is 1.95. The third kappa shape index (κ3) is 4.94. The number of nitrogens with one attached hydrogen (secondary N) is 1. The molecule has 0 saturated carbocycles. The van der Waals surface area contributed by atoms with E-state index in [2.05, 4.69) is 65.5 Å². The average Bonchev–Trinajstić information content (AvgIpc) is 3.06. The van der Waals surface area contributed by atoms with Crippen LogP contribution in [0.2, 0.25) is 0 Å². The zero-order chi connectivity index (χ0) is 16.8. The molecule has 4 heteroatoms. The van der Waals surface area contributed by atoms with Crippen molar-refractivity contribution >= 4 is 0 Å². The summed E-state index contributed by atoms with van der Waals surface area (Å²) < 4.78 is 5.94. The molecule has 0 amide bonds. The Morgan fingerprint density at radius 1 is 1.00 bits per heavy atom. The van der Waals surface area contributed by atoms with Gasteiger partial charge in [-0.2, -0.15) is 0 Å². The van der Waals surface area contributed by atoms with Crippen LogP contribution in [-0.4, -0.2) is 56.1 Å². The first-order chi connectivity index (χ1) is 11.7. The second-order valence-electron chi connectivity index (χ2n) is 6.81. The average molecular weight is 327 g/mol. The van der Waals surface area contributed by atoms with Gasteiger partial charge < -0.3 is 19.5 Å². The van der Waals surface area contributed by atoms with E-state index < -0.39 is 0 Å². The van der Waals surface area contributed by atoms with Crippen LogP contribution in [0.25, 0.3) is 11.3 Å². The molecular weight excluding hydrogens is 298 g/mol. The van der Waals surface area contributed by atoms with Crippen LogP contribution in [0.3, 0.4) is 0 Å². The molecule has 1 fully saturated rings. The van der Waals surface area contributed by atoms with Crippen molar-refractivity contribution in [3.63, 3.8) is 0 Å². The number of piperazine rings is 1. The van der Waals surface area contributed by atoms with Gasteiger partial charge in [-0.3, -0.25) is 0 Å². The van der Waals surface area contributed by atoms with Gasteiger partial charge in [0, 0.05) is 31.7 Å². The van der Waals surface area contributed by atoms with Crippen LogP contribution in [0.1, 0.15) is 17.7 Å². The predicted octanol–water partition coefficient (Wildman–Crippen LogP) is 2.98. The Hall–Kier alpha value is -1.62. The van der Waals surface area contributed by atoms with E-state index in [1.54, 1.807) is 0 Å². The zero-order valence-electron chi connectivity index (χ0n) is 14.9. The van der Waals surface area contributed by atoms with Gasteiger partial charge in [-0.15, -0.1) is 0 Å². The van der Waals surface area contributed by atoms with Crippen LogP contribution in [0, 0.1) is 6.92 Å². The molecule has 130 valence electrons. The number of nitrogens with zero attached hydrogens (tertiary/aromatic N) is 2. The summed E-state index contributed by atoms with van der Waals surface area (Å²) in [4.78, 5) is 4.96. The van der Waals surface area contributed by atoms with Crippen molar-refractivity contribution in [2.75, 3.05) is 46.3 Å². The van der Waals surface area contributed by atoms with Crippen LogP contribution in [0.4, 0.5) is 0 Å². The molecule has 1 aliphatic heterocycles. The number of hydrogen-bond acceptors (Lipinski definition) is 4. The second kappa shape index (κ2) is 8.47. The molecule has 1 aliphatic rings. The van der Waals surface area contributed by atoms with Crippen LogP contribution < -0.4 is 5.32 Å². The van der Waals surface area contributed by atoms with Crippen molar-refractivity contribution in [3.05, 3.63) is 47.7 Å². The lowest BCUT2D eigenvalue weighted by Crippen LogP contribution is -2.45. The van der Waals surface area contributed by atoms with Gasteiger partial charge >= 0.3 is 0 Å². The Balaban J connectivity index is 1.36. The molecule has 1 aromatic carbocycles. The predicted molar refractivity (Wildman–Crippen MR) is 99.1 cm³/mol. The van der Waals surface area contributed by atoms with Crippen molar-refractivity contribution < 1.29 is 4.42 Å². The van der Waals surface area contributed by atoms with Gasteiger partial charge in [-0.25, -0.2) is 0 Å². The van der Waals surface area contributed by atoms with Crippen LogP contribution in [0.15, 0.2) is 40.8 Å². The first-order valence-electron chi connectivity index (χ1n) is 8.98. The second-order valence-corrected chi connectivity index (χ2v) is 6.81. The maximum Gasteiger partial charge on any atom is 0.134 e. The summed E-state index contributed by atoms with van der Waals surface area (Å²) in [5, 5.41) is 3.49. The maximum atomic E-state index is 5.94. The minimum absolute atomic E-state index is 0.800. The summed E-state index contributed by atoms with van der Waals surface area (Å²) in [7, 11) is 2.20. The topological polar surface area (TPSA) is 31.6 Å². The molecule has 0 bridgehead atoms. The van der Waals surface area contributed by atoms with E-state index >= 15 is 0 Å². The molecule has 0 spiro atoms. The Bertz CT molecular complexity index is 612. The number of likely N-dealkylation sites (N-methyl/N-ethyl adjacent to an activating group) is 1. The standard InChI is InChI=1S/C20H29N3O/c1-17-4-6-18(7-5-17)20-9-8-19(24-20)16-21-10-3-11-23-14-12-22(2)13-15-23/h4-9,21H,3,10-16H2,1-2H3. The van der Waals surface area contributed by atoms with Gasteiger partial charge in [0.1, 0.15) is 11.5 Å². The highest BCUT2D eigenvalue weighted by atomic mass is 16.3. The molecule has 0 atom stereocenters. The highest BCUT2D eigenvalue weighted by Crippen LogP contribution is 2.22. The number of rotatable bonds is 7. The van der Waals surface area contributed by atoms with Crippen LogP contribution >= 0.6 is 0 Å². The summed E-state index contributed by atoms with van der Waals surface area (Å²) in [6, 6.07) is 12.6. The lowest BCUT2D eigenvalue weighted by atomic mass is 10.1. The molecule has 2 aromatic rings. The first-order valence-corrected chi connectivity index (χ1v) is 8.98. The van der Waals surface area contributed by atoms with E-state index in [0.717, 1.165) is 30.2 Å². The van der Waals surface area contributed by atoms with Gasteiger partial charge in [-0.05, 0) is 45.6 Å². The summed E-state index contributed by atoms with van der Waals surface area (Å²) >= 11 is 0. The van der Waals surface area contributed by atoms with Gasteiger partial charge in [0.15, 0.2) is 0 Å². The molecule has 0 unspecified atom stereocenters. The van der Waals surface area contributed by atoms with Crippen molar-refractivity contribution in [2.24, 2.45) is 0 Å². The number of benzene rings is 1. The molecule has 2 heterocycles. The van der Waals surface area contributed by atoms with Crippen LogP contribution in [0.5, 0.6) is 0 Å². The third-order valence-electron chi connectivity index (χ3n) is 4.72. The van der Waals surface area contributed by atoms with Gasteiger partial charge in [0.05, 0.1) is 6.54 Å². The fraction of sp³-hybridized carbons (Fsp3) is 0.500. The van der Waals surface area contributed by atoms with Gasteiger partial charge in [0.2, 0.25) is 0 Å². The summed E-state index contributed by atoms with van der Waals surface area (Å²) in [6.07, 6.45) is 1.19. The molecule has 1 saturated heterocycles. The summed E-state index contributed by atoms with van der Waals surface area (Å²) in [5.41, 5.74) is 2.41. The first kappa shape index (κ1) is 17.2. The molecule has 0 aliphatic carbocycles. The van der Waals surface area contributed by atoms with Crippen LogP contribution in [-0.2, 0) is 6.54 Å². The highest BCUT2D eigenvalue weighted by molar-refractivity contribution is 5.57. The Morgan fingerprint density at radius 2 is 1.75 bits per heavy atom. The number of furan rings is 1. The maximum absolute atomic E-state index is 5.94. The van der Waals surface area contributed by atoms with E-state index in [1.165, 1.54) is 44.7 Å². The minimum atomic E-state index is 0.800. The van der Waals surface area contributed by atoms with E-state index in [9.17, 15) is 0 Å². The fourth-order valence-electron chi connectivity index (χ4n) is 3.06. The number of aryl methyl sites for hydroxylation is 1. The molecular formula is C20H29N3O. The van der Waals surface area contributed by atoms with E-state index in [-0.39, 0.29) is 0 Å². The normalized spacial score (nSPS) is 16.6. The van der Waals surface area contributed by atoms with Crippen molar-refractivity contribution in [3.8, 4) is 11.3 Å². The Morgan fingerprint density at radius 3 is 2.50 bits per heavy atom. The Labute approximate surface area is 145 Å². The Kier molecular flexibility index (Phi) is 6.07. The van der Waals surface area contributed by atoms with E-state index in [1.807, 2.05) is 0 Å². The molecule has 3 rings (SSSR count). The molecule has 4 nitrogen and oxygen atoms in total. The van der Waals surface area contributed by atoms with Gasteiger partial charge in [-0.1, -0.05) is 29.8 Å². The van der Waals surface area contributed by atoms with Crippen molar-refractivity contribution in [1.82, 2.24) is 15.1 Å². The van der Waals surface area contributed by atoms with Gasteiger partial charge in [0.25, 0.3) is 0 Å². The lowest BCUT2D eigenvalue weighted by Gasteiger charge is -2.32. The highest BCUT2D eigenvalue weighted by Gasteiger charge is 2.12. The minimum Gasteiger partial charge on any atom is -0.460 e. The van der Waals surface area contributed by atoms with E-state index in [0.29, 0.717) is 0 Å². The fourth-order valence-corrected chi connectivity index (χ4v) is 3.06. The molecule has 1 N–H and O–H groups in total. The van der Waals surface area contributed by atoms with E-state index in [4.69, 9.17) is 4.42 Å². The lowest BCUT2D eigenvalue weighted by molar-refractivity contribution is 0.152. The molecule has 0 radical (unpaired) electrons. The summed E-state index contributed by atoms with van der Waals surface area (Å²) in [6.45, 7) is 9.92. The quantitative estimate of drug-likeness (QED) is 0.792. The molecule has 24 heavy (non-hydrogen) atoms. The molecule has 1 aromatic heterocycles. The van der Waals surface area contributed by atoms with Crippen molar-refractivity contribution in [1.29, 1.82) is 0 Å². The zero-order valence-corrected chi connectivity index (χ0v) is 14.9. The number of hydrogen-bond donors (Lipinski definition) is 1. The monoisotopic (exact) mass is 327 g/mol. The smallest absolute Gasteiger partial charge is 0.134 e. The SMILES string of the molecule is Cc1ccc(-c2ccc(CNCCCN3CCN(C)CC3)o2)cc1.